The molecule has 0 radical (unpaired) electrons. The van der Waals surface area contributed by atoms with Crippen LogP contribution in [0.15, 0.2) is 52.0 Å². The summed E-state index contributed by atoms with van der Waals surface area (Å²) in [6, 6.07) is 8.07. The van der Waals surface area contributed by atoms with Crippen molar-refractivity contribution >= 4 is 38.8 Å². The standard InChI is InChI=1S/C15H12F3NO4S.C14H20ClNO2/c1-24(21,22)12-6-9(15(16,17)18)4-5-10(12)13(20)11-7-19-23-14(11)8-2-3-8;1-4-12-8-6-7-11(3)14(12)16(10-18-5-2)13(17)9-15/h4-8H,2-3H2,1H3;6-8H,4-5,9-10H2,1-3H3. The molecule has 42 heavy (non-hydrogen) atoms. The molecule has 3 aromatic rings. The SMILES string of the molecule is CCOCN(C(=O)CCl)c1c(C)cccc1CC.CS(=O)(=O)c1cc(C(F)(F)F)ccc1C(=O)c1cnoc1C1CC1. The molecule has 0 unspecified atom stereocenters. The second-order valence-corrected chi connectivity index (χ2v) is 12.0. The summed E-state index contributed by atoms with van der Waals surface area (Å²) >= 11 is 5.68. The number of aromatic nitrogens is 1. The first-order valence-electron chi connectivity index (χ1n) is 13.2. The van der Waals surface area contributed by atoms with Gasteiger partial charge in [0.2, 0.25) is 5.91 Å². The molecule has 1 heterocycles. The first kappa shape index (κ1) is 33.3. The van der Waals surface area contributed by atoms with Crippen LogP contribution in [0.4, 0.5) is 18.9 Å². The third-order valence-electron chi connectivity index (χ3n) is 6.56. The lowest BCUT2D eigenvalue weighted by molar-refractivity contribution is -0.137. The van der Waals surface area contributed by atoms with E-state index in [1.165, 1.54) is 6.20 Å². The molecule has 0 N–H and O–H groups in total. The lowest BCUT2D eigenvalue weighted by Crippen LogP contribution is -2.35. The molecular weight excluding hydrogens is 597 g/mol. The Morgan fingerprint density at radius 2 is 1.83 bits per heavy atom. The summed E-state index contributed by atoms with van der Waals surface area (Å²) in [6.45, 7) is 6.79. The zero-order valence-corrected chi connectivity index (χ0v) is 25.2. The largest absolute Gasteiger partial charge is 0.416 e. The molecule has 1 amide bonds. The van der Waals surface area contributed by atoms with E-state index in [0.717, 1.165) is 48.4 Å². The van der Waals surface area contributed by atoms with Crippen molar-refractivity contribution in [3.63, 3.8) is 0 Å². The number of anilines is 1. The zero-order valence-electron chi connectivity index (χ0n) is 23.6. The number of carbonyl (C=O) groups is 2. The summed E-state index contributed by atoms with van der Waals surface area (Å²) in [5, 5.41) is 3.55. The molecule has 0 atom stereocenters. The number of hydrogen-bond acceptors (Lipinski definition) is 7. The van der Waals surface area contributed by atoms with Crippen molar-refractivity contribution in [1.29, 1.82) is 0 Å². The van der Waals surface area contributed by atoms with E-state index in [0.29, 0.717) is 24.5 Å². The van der Waals surface area contributed by atoms with Crippen LogP contribution in [-0.4, -0.2) is 50.7 Å². The van der Waals surface area contributed by atoms with Crippen LogP contribution in [0.5, 0.6) is 0 Å². The second kappa shape index (κ2) is 13.8. The minimum absolute atomic E-state index is 0.0371. The van der Waals surface area contributed by atoms with E-state index in [-0.39, 0.29) is 35.6 Å². The highest BCUT2D eigenvalue weighted by Crippen LogP contribution is 2.42. The van der Waals surface area contributed by atoms with Crippen LogP contribution in [-0.2, 0) is 32.0 Å². The number of para-hydroxylation sites is 1. The highest BCUT2D eigenvalue weighted by Gasteiger charge is 2.36. The number of carbonyl (C=O) groups excluding carboxylic acids is 2. The van der Waals surface area contributed by atoms with E-state index in [1.54, 1.807) is 4.90 Å². The van der Waals surface area contributed by atoms with Crippen molar-refractivity contribution in [1.82, 2.24) is 5.16 Å². The Morgan fingerprint density at radius 3 is 2.38 bits per heavy atom. The normalized spacial score (nSPS) is 13.3. The number of hydrogen-bond donors (Lipinski definition) is 0. The number of benzene rings is 2. The Labute approximate surface area is 247 Å². The molecule has 1 saturated carbocycles. The van der Waals surface area contributed by atoms with Gasteiger partial charge < -0.3 is 9.26 Å². The molecular formula is C29H32ClF3N2O6S. The van der Waals surface area contributed by atoms with Gasteiger partial charge >= 0.3 is 6.18 Å². The number of sulfone groups is 1. The molecule has 1 aliphatic carbocycles. The topological polar surface area (TPSA) is 107 Å². The van der Waals surface area contributed by atoms with Crippen LogP contribution < -0.4 is 4.90 Å². The van der Waals surface area contributed by atoms with Crippen LogP contribution in [0, 0.1) is 6.92 Å². The molecule has 0 bridgehead atoms. The number of nitrogens with zero attached hydrogens (tertiary/aromatic N) is 2. The van der Waals surface area contributed by atoms with Crippen molar-refractivity contribution < 1.29 is 40.4 Å². The third-order valence-corrected chi connectivity index (χ3v) is 7.92. The fourth-order valence-corrected chi connectivity index (χ4v) is 5.35. The molecule has 228 valence electrons. The van der Waals surface area contributed by atoms with E-state index in [1.807, 2.05) is 32.0 Å². The summed E-state index contributed by atoms with van der Waals surface area (Å²) in [6.07, 6.45) is -0.274. The van der Waals surface area contributed by atoms with E-state index in [9.17, 15) is 31.2 Å². The Hall–Kier alpha value is -3.22. The molecule has 1 aliphatic rings. The predicted octanol–water partition coefficient (Wildman–Crippen LogP) is 6.33. The highest BCUT2D eigenvalue weighted by molar-refractivity contribution is 7.90. The summed E-state index contributed by atoms with van der Waals surface area (Å²) in [5.74, 6) is -0.492. The minimum atomic E-state index is -4.71. The van der Waals surface area contributed by atoms with Crippen LogP contribution >= 0.6 is 11.6 Å². The van der Waals surface area contributed by atoms with Crippen LogP contribution in [0.2, 0.25) is 0 Å². The van der Waals surface area contributed by atoms with Gasteiger partial charge in [-0.15, -0.1) is 11.6 Å². The maximum atomic E-state index is 12.8. The van der Waals surface area contributed by atoms with Gasteiger partial charge in [-0.1, -0.05) is 30.3 Å². The number of halogens is 4. The van der Waals surface area contributed by atoms with Gasteiger partial charge in [0.25, 0.3) is 0 Å². The van der Waals surface area contributed by atoms with Gasteiger partial charge in [0, 0.05) is 24.3 Å². The minimum Gasteiger partial charge on any atom is -0.361 e. The van der Waals surface area contributed by atoms with Gasteiger partial charge in [0.15, 0.2) is 21.4 Å². The number of amides is 1. The van der Waals surface area contributed by atoms with E-state index >= 15 is 0 Å². The van der Waals surface area contributed by atoms with Crippen LogP contribution in [0.1, 0.15) is 71.0 Å². The summed E-state index contributed by atoms with van der Waals surface area (Å²) in [7, 11) is -4.04. The molecule has 0 saturated heterocycles. The second-order valence-electron chi connectivity index (χ2n) is 9.70. The van der Waals surface area contributed by atoms with E-state index in [4.69, 9.17) is 20.9 Å². The summed E-state index contributed by atoms with van der Waals surface area (Å²) < 4.78 is 72.7. The van der Waals surface area contributed by atoms with E-state index < -0.39 is 32.3 Å². The van der Waals surface area contributed by atoms with Crippen molar-refractivity contribution in [2.45, 2.75) is 57.0 Å². The fourth-order valence-electron chi connectivity index (χ4n) is 4.30. The lowest BCUT2D eigenvalue weighted by atomic mass is 10.0. The van der Waals surface area contributed by atoms with E-state index in [2.05, 4.69) is 12.1 Å². The van der Waals surface area contributed by atoms with Crippen LogP contribution in [0.3, 0.4) is 0 Å². The average molecular weight is 629 g/mol. The van der Waals surface area contributed by atoms with Crippen molar-refractivity contribution in [3.8, 4) is 0 Å². The van der Waals surface area contributed by atoms with Crippen molar-refractivity contribution in [3.05, 3.63) is 76.2 Å². The zero-order chi connectivity index (χ0) is 31.2. The lowest BCUT2D eigenvalue weighted by Gasteiger charge is -2.25. The molecule has 4 rings (SSSR count). The molecule has 2 aromatic carbocycles. The number of aryl methyl sites for hydroxylation is 2. The summed E-state index contributed by atoms with van der Waals surface area (Å²) in [5.41, 5.74) is 1.75. The molecule has 13 heteroatoms. The molecule has 0 aliphatic heterocycles. The number of rotatable bonds is 10. The average Bonchev–Trinajstić information content (AvgIpc) is 3.68. The molecule has 1 fully saturated rings. The number of ketones is 1. The maximum absolute atomic E-state index is 12.8. The molecule has 1 aromatic heterocycles. The van der Waals surface area contributed by atoms with Gasteiger partial charge in [0.05, 0.1) is 27.9 Å². The predicted molar refractivity (Wildman–Crippen MR) is 152 cm³/mol. The number of alkyl halides is 4. The molecule has 0 spiro atoms. The summed E-state index contributed by atoms with van der Waals surface area (Å²) in [4.78, 5) is 25.6. The first-order chi connectivity index (χ1) is 19.7. The Bertz CT molecular complexity index is 1530. The van der Waals surface area contributed by atoms with Gasteiger partial charge in [-0.05, 0) is 62.4 Å². The highest BCUT2D eigenvalue weighted by atomic mass is 35.5. The first-order valence-corrected chi connectivity index (χ1v) is 15.6. The Kier molecular flexibility index (Phi) is 11.0. The van der Waals surface area contributed by atoms with Crippen molar-refractivity contribution in [2.24, 2.45) is 0 Å². The van der Waals surface area contributed by atoms with Gasteiger partial charge in [-0.25, -0.2) is 8.42 Å². The molecule has 8 nitrogen and oxygen atoms in total. The Morgan fingerprint density at radius 1 is 1.14 bits per heavy atom. The van der Waals surface area contributed by atoms with Crippen LogP contribution in [0.25, 0.3) is 0 Å². The fraction of sp³-hybridized carbons (Fsp3) is 0.414. The van der Waals surface area contributed by atoms with Gasteiger partial charge in [0.1, 0.15) is 12.6 Å². The quantitative estimate of drug-likeness (QED) is 0.147. The number of ether oxygens (including phenoxy) is 1. The Balaban J connectivity index is 0.000000241. The monoisotopic (exact) mass is 628 g/mol. The van der Waals surface area contributed by atoms with Gasteiger partial charge in [-0.2, -0.15) is 13.2 Å². The van der Waals surface area contributed by atoms with Gasteiger partial charge in [-0.3, -0.25) is 14.5 Å². The smallest absolute Gasteiger partial charge is 0.361 e. The van der Waals surface area contributed by atoms with Crippen molar-refractivity contribution in [2.75, 3.05) is 30.4 Å². The maximum Gasteiger partial charge on any atom is 0.416 e. The third kappa shape index (κ3) is 7.99.